The zero-order valence-electron chi connectivity index (χ0n) is 19.0. The molecule has 1 N–H and O–H groups in total. The van der Waals surface area contributed by atoms with E-state index in [1.54, 1.807) is 17.0 Å². The van der Waals surface area contributed by atoms with Crippen molar-refractivity contribution in [2.24, 2.45) is 0 Å². The van der Waals surface area contributed by atoms with Crippen molar-refractivity contribution in [3.63, 3.8) is 0 Å². The lowest BCUT2D eigenvalue weighted by molar-refractivity contribution is -0.136. The summed E-state index contributed by atoms with van der Waals surface area (Å²) in [5.74, 6) is -0.671. The summed E-state index contributed by atoms with van der Waals surface area (Å²) in [5, 5.41) is 13.8. The van der Waals surface area contributed by atoms with Crippen molar-refractivity contribution in [2.45, 2.75) is 38.3 Å². The number of aliphatic hydroxyl groups is 1. The number of anilines is 1. The first-order valence-corrected chi connectivity index (χ1v) is 11.7. The maximum atomic E-state index is 13.7. The second kappa shape index (κ2) is 7.64. The minimum atomic E-state index is -1.89. The topological polar surface area (TPSA) is 57.6 Å². The van der Waals surface area contributed by atoms with Crippen molar-refractivity contribution in [1.29, 1.82) is 0 Å². The number of para-hydroxylation sites is 1. The van der Waals surface area contributed by atoms with E-state index in [2.05, 4.69) is 6.07 Å². The first-order chi connectivity index (χ1) is 16.5. The fraction of sp³-hybridized carbons (Fsp3) is 0.200. The number of carbonyl (C=O) groups excluding carboxylic acids is 2. The number of benzene rings is 4. The van der Waals surface area contributed by atoms with Crippen LogP contribution in [-0.4, -0.2) is 16.8 Å². The van der Waals surface area contributed by atoms with Crippen LogP contribution in [0.3, 0.4) is 0 Å². The van der Waals surface area contributed by atoms with Crippen LogP contribution in [0.1, 0.15) is 44.6 Å². The Labute approximate surface area is 198 Å². The van der Waals surface area contributed by atoms with Crippen molar-refractivity contribution in [2.75, 3.05) is 4.90 Å². The number of Topliss-reactive ketones (excluding diaryl/α,β-unsaturated/α-hetero) is 1. The molecular weight excluding hydrogens is 422 g/mol. The van der Waals surface area contributed by atoms with Crippen molar-refractivity contribution in [3.05, 3.63) is 112 Å². The van der Waals surface area contributed by atoms with Gasteiger partial charge < -0.3 is 10.0 Å². The third kappa shape index (κ3) is 3.02. The fourth-order valence-corrected chi connectivity index (χ4v) is 5.61. The Morgan fingerprint density at radius 2 is 1.65 bits per heavy atom. The monoisotopic (exact) mass is 447 g/mol. The number of hydrogen-bond donors (Lipinski definition) is 1. The van der Waals surface area contributed by atoms with Crippen LogP contribution in [0, 0.1) is 6.92 Å². The summed E-state index contributed by atoms with van der Waals surface area (Å²) in [6.45, 7) is 2.35. The summed E-state index contributed by atoms with van der Waals surface area (Å²) >= 11 is 0. The SMILES string of the molecule is Cc1ccccc1CN1C(=O)[C@@](O)(CC(=O)c2ccc3c4c(cccc24)CC3)c2ccccc21. The molecule has 4 nitrogen and oxygen atoms in total. The highest BCUT2D eigenvalue weighted by Gasteiger charge is 2.51. The number of carbonyl (C=O) groups is 2. The maximum absolute atomic E-state index is 13.7. The lowest BCUT2D eigenvalue weighted by Crippen LogP contribution is -2.41. The average Bonchev–Trinajstić information content (AvgIpc) is 3.35. The second-order valence-corrected chi connectivity index (χ2v) is 9.41. The van der Waals surface area contributed by atoms with E-state index in [-0.39, 0.29) is 12.2 Å². The Balaban J connectivity index is 1.39. The second-order valence-electron chi connectivity index (χ2n) is 9.41. The van der Waals surface area contributed by atoms with E-state index in [0.717, 1.165) is 34.7 Å². The van der Waals surface area contributed by atoms with E-state index >= 15 is 0 Å². The molecule has 1 heterocycles. The molecule has 0 bridgehead atoms. The summed E-state index contributed by atoms with van der Waals surface area (Å²) in [4.78, 5) is 28.9. The first kappa shape index (κ1) is 20.8. The van der Waals surface area contributed by atoms with Crippen LogP contribution in [0.25, 0.3) is 10.8 Å². The van der Waals surface area contributed by atoms with E-state index in [4.69, 9.17) is 0 Å². The van der Waals surface area contributed by atoms with Gasteiger partial charge in [-0.25, -0.2) is 0 Å². The van der Waals surface area contributed by atoms with Gasteiger partial charge in [0.25, 0.3) is 5.91 Å². The third-order valence-corrected chi connectivity index (χ3v) is 7.42. The van der Waals surface area contributed by atoms with Crippen molar-refractivity contribution < 1.29 is 14.7 Å². The van der Waals surface area contributed by atoms with Gasteiger partial charge in [0.2, 0.25) is 0 Å². The molecule has 0 radical (unpaired) electrons. The molecule has 34 heavy (non-hydrogen) atoms. The summed E-state index contributed by atoms with van der Waals surface area (Å²) in [7, 11) is 0. The van der Waals surface area contributed by atoms with Gasteiger partial charge >= 0.3 is 0 Å². The molecule has 1 aliphatic heterocycles. The highest BCUT2D eigenvalue weighted by Crippen LogP contribution is 2.44. The molecule has 168 valence electrons. The van der Waals surface area contributed by atoms with Gasteiger partial charge in [0.15, 0.2) is 11.4 Å². The Hall–Kier alpha value is -3.76. The first-order valence-electron chi connectivity index (χ1n) is 11.7. The zero-order valence-corrected chi connectivity index (χ0v) is 19.0. The quantitative estimate of drug-likeness (QED) is 0.425. The molecule has 4 heteroatoms. The summed E-state index contributed by atoms with van der Waals surface area (Å²) in [5.41, 5.74) is 4.43. The summed E-state index contributed by atoms with van der Waals surface area (Å²) < 4.78 is 0. The van der Waals surface area contributed by atoms with Crippen LogP contribution in [0.5, 0.6) is 0 Å². The standard InChI is InChI=1S/C30H25NO3/c1-19-7-2-3-8-22(19)18-31-26-12-5-4-11-25(26)30(34,29(31)33)17-27(32)23-16-15-21-14-13-20-9-6-10-24(23)28(20)21/h2-12,15-16,34H,13-14,17-18H2,1H3/t30-/m1/s1. The number of aryl methyl sites for hydroxylation is 3. The van der Waals surface area contributed by atoms with Crippen LogP contribution in [0.15, 0.2) is 78.9 Å². The molecule has 0 saturated carbocycles. The number of amides is 1. The minimum Gasteiger partial charge on any atom is -0.375 e. The highest BCUT2D eigenvalue weighted by molar-refractivity contribution is 6.14. The highest BCUT2D eigenvalue weighted by atomic mass is 16.3. The van der Waals surface area contributed by atoms with Crippen LogP contribution >= 0.6 is 0 Å². The largest absolute Gasteiger partial charge is 0.375 e. The van der Waals surface area contributed by atoms with Crippen molar-refractivity contribution >= 4 is 28.2 Å². The van der Waals surface area contributed by atoms with Gasteiger partial charge in [0.05, 0.1) is 18.7 Å². The van der Waals surface area contributed by atoms with Crippen LogP contribution in [0.2, 0.25) is 0 Å². The molecular formula is C30H25NO3. The van der Waals surface area contributed by atoms with Gasteiger partial charge in [-0.15, -0.1) is 0 Å². The smallest absolute Gasteiger partial charge is 0.264 e. The summed E-state index contributed by atoms with van der Waals surface area (Å²) in [6, 6.07) is 25.1. The van der Waals surface area contributed by atoms with Gasteiger partial charge in [0.1, 0.15) is 0 Å². The van der Waals surface area contributed by atoms with Crippen LogP contribution in [0.4, 0.5) is 5.69 Å². The summed E-state index contributed by atoms with van der Waals surface area (Å²) in [6.07, 6.45) is 1.67. The predicted octanol–water partition coefficient (Wildman–Crippen LogP) is 5.25. The molecule has 0 saturated heterocycles. The Kier molecular flexibility index (Phi) is 4.68. The molecule has 4 aromatic rings. The van der Waals surface area contributed by atoms with E-state index in [1.807, 2.05) is 67.6 Å². The van der Waals surface area contributed by atoms with Gasteiger partial charge in [-0.1, -0.05) is 72.8 Å². The number of rotatable bonds is 5. The Morgan fingerprint density at radius 1 is 0.912 bits per heavy atom. The molecule has 4 aromatic carbocycles. The molecule has 2 aliphatic rings. The zero-order chi connectivity index (χ0) is 23.4. The van der Waals surface area contributed by atoms with Crippen molar-refractivity contribution in [1.82, 2.24) is 0 Å². The van der Waals surface area contributed by atoms with E-state index in [9.17, 15) is 14.7 Å². The molecule has 0 spiro atoms. The molecule has 0 fully saturated rings. The lowest BCUT2D eigenvalue weighted by atomic mass is 9.86. The maximum Gasteiger partial charge on any atom is 0.264 e. The van der Waals surface area contributed by atoms with Crippen molar-refractivity contribution in [3.8, 4) is 0 Å². The fourth-order valence-electron chi connectivity index (χ4n) is 5.61. The van der Waals surface area contributed by atoms with E-state index in [1.165, 1.54) is 11.1 Å². The van der Waals surface area contributed by atoms with Crippen LogP contribution in [-0.2, 0) is 29.8 Å². The van der Waals surface area contributed by atoms with Gasteiger partial charge in [-0.05, 0) is 58.9 Å². The van der Waals surface area contributed by atoms with Gasteiger partial charge in [-0.3, -0.25) is 9.59 Å². The number of fused-ring (bicyclic) bond motifs is 1. The average molecular weight is 448 g/mol. The molecule has 6 rings (SSSR count). The predicted molar refractivity (Wildman–Crippen MR) is 133 cm³/mol. The number of ketones is 1. The molecule has 1 amide bonds. The lowest BCUT2D eigenvalue weighted by Gasteiger charge is -2.23. The molecule has 1 atom stereocenters. The molecule has 1 aliphatic carbocycles. The third-order valence-electron chi connectivity index (χ3n) is 7.42. The normalized spacial score (nSPS) is 18.5. The van der Waals surface area contributed by atoms with E-state index < -0.39 is 11.5 Å². The van der Waals surface area contributed by atoms with Gasteiger partial charge in [-0.2, -0.15) is 0 Å². The van der Waals surface area contributed by atoms with Crippen LogP contribution < -0.4 is 4.90 Å². The minimum absolute atomic E-state index is 0.223. The Bertz CT molecular complexity index is 1480. The number of hydrogen-bond acceptors (Lipinski definition) is 3. The number of nitrogens with zero attached hydrogens (tertiary/aromatic N) is 1. The van der Waals surface area contributed by atoms with Gasteiger partial charge in [0, 0.05) is 11.1 Å². The van der Waals surface area contributed by atoms with E-state index in [0.29, 0.717) is 23.4 Å². The molecule has 0 unspecified atom stereocenters. The Morgan fingerprint density at radius 3 is 2.47 bits per heavy atom. The molecule has 0 aromatic heterocycles.